The van der Waals surface area contributed by atoms with Crippen LogP contribution in [-0.2, 0) is 31.8 Å². The topological polar surface area (TPSA) is 104 Å². The molecule has 0 aromatic heterocycles. The number of halogens is 3. The molecule has 1 unspecified atom stereocenters. The average Bonchev–Trinajstić information content (AvgIpc) is 2.98. The van der Waals surface area contributed by atoms with Gasteiger partial charge in [-0.1, -0.05) is 48.5 Å². The lowest BCUT2D eigenvalue weighted by molar-refractivity contribution is -0.141. The Labute approximate surface area is 234 Å². The van der Waals surface area contributed by atoms with E-state index in [2.05, 4.69) is 15.0 Å². The minimum atomic E-state index is -4.62. The van der Waals surface area contributed by atoms with Crippen LogP contribution in [0.15, 0.2) is 95.1 Å². The molecule has 1 heterocycles. The predicted molar refractivity (Wildman–Crippen MR) is 144 cm³/mol. The van der Waals surface area contributed by atoms with E-state index in [0.29, 0.717) is 11.1 Å². The zero-order chi connectivity index (χ0) is 29.6. The van der Waals surface area contributed by atoms with Gasteiger partial charge in [0.05, 0.1) is 35.9 Å². The molecule has 0 amide bonds. The number of rotatable bonds is 7. The Morgan fingerprint density at radius 3 is 2.39 bits per heavy atom. The minimum absolute atomic E-state index is 0.0150. The van der Waals surface area contributed by atoms with Crippen LogP contribution in [0.25, 0.3) is 0 Å². The number of nitrogens with one attached hydrogen (secondary N) is 1. The van der Waals surface area contributed by atoms with E-state index in [9.17, 15) is 28.0 Å². The summed E-state index contributed by atoms with van der Waals surface area (Å²) in [5.41, 5.74) is 1.19. The van der Waals surface area contributed by atoms with E-state index in [-0.39, 0.29) is 29.5 Å². The van der Waals surface area contributed by atoms with Crippen LogP contribution >= 0.6 is 0 Å². The van der Waals surface area contributed by atoms with E-state index in [1.807, 2.05) is 12.1 Å². The molecule has 4 rings (SSSR count). The Kier molecular flexibility index (Phi) is 8.72. The number of anilines is 1. The van der Waals surface area contributed by atoms with Crippen LogP contribution < -0.4 is 10.2 Å². The summed E-state index contributed by atoms with van der Waals surface area (Å²) in [5.74, 6) is -1.37. The van der Waals surface area contributed by atoms with Gasteiger partial charge in [0.2, 0.25) is 5.96 Å². The number of esters is 2. The molecule has 0 aliphatic carbocycles. The first kappa shape index (κ1) is 28.9. The highest BCUT2D eigenvalue weighted by Crippen LogP contribution is 2.37. The van der Waals surface area contributed by atoms with Gasteiger partial charge in [-0.3, -0.25) is 9.69 Å². The molecule has 1 atom stereocenters. The molecule has 41 heavy (non-hydrogen) atoms. The van der Waals surface area contributed by atoms with E-state index in [1.54, 1.807) is 55.5 Å². The van der Waals surface area contributed by atoms with Crippen LogP contribution in [-0.4, -0.2) is 31.6 Å². The molecule has 0 spiro atoms. The molecule has 3 aromatic rings. The molecule has 0 fully saturated rings. The lowest BCUT2D eigenvalue weighted by atomic mass is 9.94. The number of guanidine groups is 1. The number of allylic oxidation sites excluding steroid dienone is 1. The molecule has 0 bridgehead atoms. The monoisotopic (exact) mass is 562 g/mol. The number of aliphatic imine (C=N–C) groups is 1. The molecule has 1 aliphatic heterocycles. The number of hydrogen-bond acceptors (Lipinski definition) is 6. The van der Waals surface area contributed by atoms with Crippen LogP contribution in [0.2, 0.25) is 0 Å². The van der Waals surface area contributed by atoms with Crippen molar-refractivity contribution in [2.75, 3.05) is 18.6 Å². The SMILES string of the molecule is COC(=O)CN=C1NC(c2ccc(C#N)cc2)C(C(=O)OCc2ccccc2)=C(C)N1c1cccc(C(F)(F)F)c1. The van der Waals surface area contributed by atoms with Crippen LogP contribution in [0.1, 0.15) is 35.2 Å². The number of benzene rings is 3. The maximum atomic E-state index is 13.6. The Bertz CT molecular complexity index is 1530. The highest BCUT2D eigenvalue weighted by atomic mass is 19.4. The fraction of sp³-hybridized carbons (Fsp3) is 0.200. The van der Waals surface area contributed by atoms with E-state index in [0.717, 1.165) is 17.7 Å². The minimum Gasteiger partial charge on any atom is -0.468 e. The molecule has 11 heteroatoms. The van der Waals surface area contributed by atoms with Crippen LogP contribution in [0.3, 0.4) is 0 Å². The van der Waals surface area contributed by atoms with Crippen molar-refractivity contribution in [2.45, 2.75) is 25.7 Å². The third-order valence-electron chi connectivity index (χ3n) is 6.32. The summed E-state index contributed by atoms with van der Waals surface area (Å²) in [6.07, 6.45) is -4.62. The summed E-state index contributed by atoms with van der Waals surface area (Å²) < 4.78 is 51.1. The first-order valence-electron chi connectivity index (χ1n) is 12.4. The van der Waals surface area contributed by atoms with Gasteiger partial charge in [-0.05, 0) is 48.4 Å². The molecular weight excluding hydrogens is 537 g/mol. The maximum Gasteiger partial charge on any atom is 0.416 e. The van der Waals surface area contributed by atoms with Gasteiger partial charge < -0.3 is 14.8 Å². The smallest absolute Gasteiger partial charge is 0.416 e. The zero-order valence-corrected chi connectivity index (χ0v) is 22.1. The van der Waals surface area contributed by atoms with Gasteiger partial charge in [0.25, 0.3) is 0 Å². The maximum absolute atomic E-state index is 13.6. The van der Waals surface area contributed by atoms with E-state index < -0.39 is 36.3 Å². The number of carbonyl (C=O) groups is 2. The number of hydrogen-bond donors (Lipinski definition) is 1. The average molecular weight is 563 g/mol. The van der Waals surface area contributed by atoms with Gasteiger partial charge in [-0.25, -0.2) is 9.79 Å². The predicted octanol–water partition coefficient (Wildman–Crippen LogP) is 5.27. The van der Waals surface area contributed by atoms with Gasteiger partial charge in [0.1, 0.15) is 13.2 Å². The van der Waals surface area contributed by atoms with Crippen molar-refractivity contribution in [1.82, 2.24) is 5.32 Å². The number of methoxy groups -OCH3 is 1. The summed E-state index contributed by atoms with van der Waals surface area (Å²) in [4.78, 5) is 31.2. The largest absolute Gasteiger partial charge is 0.468 e. The molecule has 0 saturated heterocycles. The van der Waals surface area contributed by atoms with Crippen molar-refractivity contribution >= 4 is 23.6 Å². The number of ether oxygens (including phenoxy) is 2. The Hall–Kier alpha value is -5.11. The molecule has 0 radical (unpaired) electrons. The molecular formula is C30H25F3N4O4. The number of carbonyl (C=O) groups excluding carboxylic acids is 2. The standard InChI is InChI=1S/C30H25F3N4O4/c1-19-26(28(39)41-18-21-7-4-3-5-8-21)27(22-13-11-20(16-34)12-14-22)36-29(35-17-25(38)40-2)37(19)24-10-6-9-23(15-24)30(31,32)33/h3-15,27H,17-18H2,1-2H3,(H,35,36). The summed E-state index contributed by atoms with van der Waals surface area (Å²) in [6.45, 7) is 1.09. The Morgan fingerprint density at radius 1 is 1.05 bits per heavy atom. The molecule has 8 nitrogen and oxygen atoms in total. The van der Waals surface area contributed by atoms with E-state index in [4.69, 9.17) is 4.74 Å². The van der Waals surface area contributed by atoms with Gasteiger partial charge in [0.15, 0.2) is 0 Å². The summed E-state index contributed by atoms with van der Waals surface area (Å²) in [5, 5.41) is 12.3. The van der Waals surface area contributed by atoms with Crippen LogP contribution in [0, 0.1) is 11.3 Å². The summed E-state index contributed by atoms with van der Waals surface area (Å²) >= 11 is 0. The van der Waals surface area contributed by atoms with Crippen molar-refractivity contribution in [3.63, 3.8) is 0 Å². The van der Waals surface area contributed by atoms with Crippen molar-refractivity contribution in [1.29, 1.82) is 5.26 Å². The highest BCUT2D eigenvalue weighted by Gasteiger charge is 2.38. The molecule has 210 valence electrons. The first-order chi connectivity index (χ1) is 19.6. The van der Waals surface area contributed by atoms with Crippen molar-refractivity contribution < 1.29 is 32.2 Å². The number of nitrogens with zero attached hydrogens (tertiary/aromatic N) is 3. The van der Waals surface area contributed by atoms with Gasteiger partial charge in [-0.2, -0.15) is 18.4 Å². The lowest BCUT2D eigenvalue weighted by Gasteiger charge is -2.38. The van der Waals surface area contributed by atoms with Gasteiger partial charge in [-0.15, -0.1) is 0 Å². The fourth-order valence-electron chi connectivity index (χ4n) is 4.28. The number of nitriles is 1. The highest BCUT2D eigenvalue weighted by molar-refractivity contribution is 6.06. The van der Waals surface area contributed by atoms with E-state index in [1.165, 1.54) is 24.1 Å². The Balaban J connectivity index is 1.86. The second kappa shape index (κ2) is 12.4. The fourth-order valence-corrected chi connectivity index (χ4v) is 4.28. The third kappa shape index (κ3) is 6.73. The lowest BCUT2D eigenvalue weighted by Crippen LogP contribution is -2.49. The Morgan fingerprint density at radius 2 is 1.76 bits per heavy atom. The summed E-state index contributed by atoms with van der Waals surface area (Å²) in [6, 6.07) is 21.1. The molecule has 0 saturated carbocycles. The molecule has 3 aromatic carbocycles. The molecule has 1 N–H and O–H groups in total. The van der Waals surface area contributed by atoms with E-state index >= 15 is 0 Å². The second-order valence-corrected chi connectivity index (χ2v) is 8.97. The third-order valence-corrected chi connectivity index (χ3v) is 6.32. The normalized spacial score (nSPS) is 16.1. The van der Waals surface area contributed by atoms with Gasteiger partial charge >= 0.3 is 18.1 Å². The zero-order valence-electron chi connectivity index (χ0n) is 22.1. The molecule has 1 aliphatic rings. The van der Waals surface area contributed by atoms with Crippen molar-refractivity contribution in [3.8, 4) is 6.07 Å². The van der Waals surface area contributed by atoms with Crippen molar-refractivity contribution in [2.24, 2.45) is 4.99 Å². The van der Waals surface area contributed by atoms with Gasteiger partial charge in [0, 0.05) is 11.4 Å². The first-order valence-corrected chi connectivity index (χ1v) is 12.4. The quantitative estimate of drug-likeness (QED) is 0.391. The van der Waals surface area contributed by atoms with Crippen LogP contribution in [0.5, 0.6) is 0 Å². The second-order valence-electron chi connectivity index (χ2n) is 8.97. The van der Waals surface area contributed by atoms with Crippen LogP contribution in [0.4, 0.5) is 18.9 Å². The summed E-state index contributed by atoms with van der Waals surface area (Å²) in [7, 11) is 1.19. The number of alkyl halides is 3. The van der Waals surface area contributed by atoms with Crippen molar-refractivity contribution in [3.05, 3.63) is 112 Å².